The SMILES string of the molecule is CC(C)C(C)(C)CNCC(=O)NC(C)(C)C. The zero-order valence-corrected chi connectivity index (χ0v) is 11.9. The molecule has 0 aliphatic heterocycles. The third kappa shape index (κ3) is 6.83. The van der Waals surface area contributed by atoms with E-state index in [1.807, 2.05) is 20.8 Å². The van der Waals surface area contributed by atoms with Crippen molar-refractivity contribution in [1.29, 1.82) is 0 Å². The molecule has 0 aromatic carbocycles. The molecule has 0 rings (SSSR count). The maximum absolute atomic E-state index is 11.5. The van der Waals surface area contributed by atoms with Crippen LogP contribution in [0.3, 0.4) is 0 Å². The van der Waals surface area contributed by atoms with Crippen LogP contribution in [-0.4, -0.2) is 24.5 Å². The first-order valence-corrected chi connectivity index (χ1v) is 6.06. The van der Waals surface area contributed by atoms with E-state index in [1.165, 1.54) is 0 Å². The van der Waals surface area contributed by atoms with E-state index in [0.29, 0.717) is 12.5 Å². The number of hydrogen-bond acceptors (Lipinski definition) is 2. The lowest BCUT2D eigenvalue weighted by Gasteiger charge is -2.29. The molecule has 3 heteroatoms. The van der Waals surface area contributed by atoms with Crippen LogP contribution in [0.2, 0.25) is 0 Å². The number of carbonyl (C=O) groups excluding carboxylic acids is 1. The van der Waals surface area contributed by atoms with Crippen molar-refractivity contribution >= 4 is 5.91 Å². The van der Waals surface area contributed by atoms with Crippen LogP contribution in [0.4, 0.5) is 0 Å². The molecule has 0 atom stereocenters. The van der Waals surface area contributed by atoms with Crippen LogP contribution in [0.15, 0.2) is 0 Å². The summed E-state index contributed by atoms with van der Waals surface area (Å²) in [5.41, 5.74) is 0.0777. The molecule has 0 heterocycles. The molecule has 0 saturated carbocycles. The van der Waals surface area contributed by atoms with Crippen molar-refractivity contribution < 1.29 is 4.79 Å². The largest absolute Gasteiger partial charge is 0.350 e. The van der Waals surface area contributed by atoms with Gasteiger partial charge in [-0.25, -0.2) is 0 Å². The van der Waals surface area contributed by atoms with Gasteiger partial charge in [0.1, 0.15) is 0 Å². The first-order chi connectivity index (χ1) is 7.04. The van der Waals surface area contributed by atoms with E-state index in [1.54, 1.807) is 0 Å². The highest BCUT2D eigenvalue weighted by Crippen LogP contribution is 2.24. The molecule has 0 bridgehead atoms. The van der Waals surface area contributed by atoms with Gasteiger partial charge in [-0.05, 0) is 32.1 Å². The second-order valence-electron chi connectivity index (χ2n) is 6.55. The molecule has 1 amide bonds. The highest BCUT2D eigenvalue weighted by molar-refractivity contribution is 5.78. The first-order valence-electron chi connectivity index (χ1n) is 6.06. The molecular weight excluding hydrogens is 200 g/mol. The van der Waals surface area contributed by atoms with Crippen LogP contribution in [0, 0.1) is 11.3 Å². The number of amides is 1. The summed E-state index contributed by atoms with van der Waals surface area (Å²) in [6.45, 7) is 16.1. The molecule has 3 nitrogen and oxygen atoms in total. The summed E-state index contributed by atoms with van der Waals surface area (Å²) in [4.78, 5) is 11.5. The lowest BCUT2D eigenvalue weighted by Crippen LogP contribution is -2.46. The van der Waals surface area contributed by atoms with E-state index in [4.69, 9.17) is 0 Å². The molecule has 0 radical (unpaired) electrons. The molecule has 16 heavy (non-hydrogen) atoms. The normalized spacial score (nSPS) is 13.0. The summed E-state index contributed by atoms with van der Waals surface area (Å²) in [5, 5.41) is 6.15. The summed E-state index contributed by atoms with van der Waals surface area (Å²) in [5.74, 6) is 0.665. The van der Waals surface area contributed by atoms with Crippen molar-refractivity contribution in [2.45, 2.75) is 54.0 Å². The predicted octanol–water partition coefficient (Wildman–Crippen LogP) is 2.17. The Morgan fingerprint density at radius 2 is 1.62 bits per heavy atom. The number of rotatable bonds is 5. The Balaban J connectivity index is 3.87. The molecule has 0 saturated heterocycles. The molecule has 0 aromatic heterocycles. The second kappa shape index (κ2) is 5.67. The molecule has 0 fully saturated rings. The topological polar surface area (TPSA) is 41.1 Å². The van der Waals surface area contributed by atoms with E-state index < -0.39 is 0 Å². The van der Waals surface area contributed by atoms with Crippen LogP contribution >= 0.6 is 0 Å². The third-order valence-corrected chi connectivity index (χ3v) is 2.94. The monoisotopic (exact) mass is 228 g/mol. The van der Waals surface area contributed by atoms with Gasteiger partial charge in [-0.1, -0.05) is 27.7 Å². The standard InChI is InChI=1S/C13H28N2O/c1-10(2)13(6,7)9-14-8-11(16)15-12(3,4)5/h10,14H,8-9H2,1-7H3,(H,15,16). The van der Waals surface area contributed by atoms with Crippen molar-refractivity contribution in [2.75, 3.05) is 13.1 Å². The molecule has 0 unspecified atom stereocenters. The van der Waals surface area contributed by atoms with Crippen molar-refractivity contribution in [2.24, 2.45) is 11.3 Å². The van der Waals surface area contributed by atoms with Crippen molar-refractivity contribution in [1.82, 2.24) is 10.6 Å². The van der Waals surface area contributed by atoms with Gasteiger partial charge < -0.3 is 10.6 Å². The Kier molecular flexibility index (Phi) is 5.47. The van der Waals surface area contributed by atoms with E-state index in [2.05, 4.69) is 38.3 Å². The lowest BCUT2D eigenvalue weighted by molar-refractivity contribution is -0.121. The van der Waals surface area contributed by atoms with Crippen LogP contribution < -0.4 is 10.6 Å². The molecule has 0 aliphatic carbocycles. The highest BCUT2D eigenvalue weighted by Gasteiger charge is 2.22. The quantitative estimate of drug-likeness (QED) is 0.757. The van der Waals surface area contributed by atoms with E-state index >= 15 is 0 Å². The van der Waals surface area contributed by atoms with Gasteiger partial charge in [0.25, 0.3) is 0 Å². The van der Waals surface area contributed by atoms with Gasteiger partial charge >= 0.3 is 0 Å². The average molecular weight is 228 g/mol. The first kappa shape index (κ1) is 15.4. The summed E-state index contributed by atoms with van der Waals surface area (Å²) >= 11 is 0. The van der Waals surface area contributed by atoms with Crippen molar-refractivity contribution in [3.05, 3.63) is 0 Å². The van der Waals surface area contributed by atoms with Gasteiger partial charge in [0, 0.05) is 12.1 Å². The Hall–Kier alpha value is -0.570. The maximum Gasteiger partial charge on any atom is 0.234 e. The van der Waals surface area contributed by atoms with Crippen LogP contribution in [0.25, 0.3) is 0 Å². The summed E-state index contributed by atoms with van der Waals surface area (Å²) in [7, 11) is 0. The number of carbonyl (C=O) groups is 1. The van der Waals surface area contributed by atoms with Crippen molar-refractivity contribution in [3.8, 4) is 0 Å². The minimum absolute atomic E-state index is 0.0621. The summed E-state index contributed by atoms with van der Waals surface area (Å²) in [6.07, 6.45) is 0. The van der Waals surface area contributed by atoms with E-state index in [9.17, 15) is 4.79 Å². The fourth-order valence-corrected chi connectivity index (χ4v) is 1.16. The van der Waals surface area contributed by atoms with E-state index in [-0.39, 0.29) is 16.9 Å². The fraction of sp³-hybridized carbons (Fsp3) is 0.923. The predicted molar refractivity (Wildman–Crippen MR) is 69.4 cm³/mol. The second-order valence-corrected chi connectivity index (χ2v) is 6.55. The molecular formula is C13H28N2O. The summed E-state index contributed by atoms with van der Waals surface area (Å²) in [6, 6.07) is 0. The molecule has 0 aliphatic rings. The highest BCUT2D eigenvalue weighted by atomic mass is 16.2. The summed E-state index contributed by atoms with van der Waals surface area (Å²) < 4.78 is 0. The molecule has 2 N–H and O–H groups in total. The minimum Gasteiger partial charge on any atom is -0.350 e. The number of hydrogen-bond donors (Lipinski definition) is 2. The number of nitrogens with one attached hydrogen (secondary N) is 2. The van der Waals surface area contributed by atoms with Gasteiger partial charge in [-0.3, -0.25) is 4.79 Å². The zero-order valence-electron chi connectivity index (χ0n) is 11.9. The Labute approximate surface area is 100 Å². The van der Waals surface area contributed by atoms with E-state index in [0.717, 1.165) is 6.54 Å². The van der Waals surface area contributed by atoms with Gasteiger partial charge in [-0.15, -0.1) is 0 Å². The lowest BCUT2D eigenvalue weighted by atomic mass is 9.81. The van der Waals surface area contributed by atoms with Crippen LogP contribution in [0.1, 0.15) is 48.5 Å². The van der Waals surface area contributed by atoms with Crippen LogP contribution in [-0.2, 0) is 4.79 Å². The minimum atomic E-state index is -0.146. The third-order valence-electron chi connectivity index (χ3n) is 2.94. The molecule has 96 valence electrons. The average Bonchev–Trinajstić information content (AvgIpc) is 1.99. The Bertz CT molecular complexity index is 227. The van der Waals surface area contributed by atoms with Gasteiger partial charge in [-0.2, -0.15) is 0 Å². The molecule has 0 spiro atoms. The molecule has 0 aromatic rings. The van der Waals surface area contributed by atoms with Gasteiger partial charge in [0.2, 0.25) is 5.91 Å². The zero-order chi connectivity index (χ0) is 13.0. The van der Waals surface area contributed by atoms with Gasteiger partial charge in [0.05, 0.1) is 6.54 Å². The van der Waals surface area contributed by atoms with Crippen molar-refractivity contribution in [3.63, 3.8) is 0 Å². The maximum atomic E-state index is 11.5. The fourth-order valence-electron chi connectivity index (χ4n) is 1.16. The Morgan fingerprint density at radius 3 is 2.00 bits per heavy atom. The Morgan fingerprint density at radius 1 is 1.12 bits per heavy atom. The van der Waals surface area contributed by atoms with Crippen LogP contribution in [0.5, 0.6) is 0 Å². The smallest absolute Gasteiger partial charge is 0.234 e. The van der Waals surface area contributed by atoms with Gasteiger partial charge in [0.15, 0.2) is 0 Å².